The fraction of sp³-hybridized carbons (Fsp3) is 0.219. The van der Waals surface area contributed by atoms with Crippen molar-refractivity contribution in [1.82, 2.24) is 4.72 Å². The van der Waals surface area contributed by atoms with E-state index in [0.717, 1.165) is 33.0 Å². The third-order valence-electron chi connectivity index (χ3n) is 7.45. The van der Waals surface area contributed by atoms with E-state index >= 15 is 0 Å². The number of rotatable bonds is 11. The maximum absolute atomic E-state index is 13.4. The van der Waals surface area contributed by atoms with Gasteiger partial charge in [0.2, 0.25) is 10.0 Å². The van der Waals surface area contributed by atoms with Crippen molar-refractivity contribution in [1.29, 1.82) is 0 Å². The number of hydrogen-bond donors (Lipinski definition) is 1. The van der Waals surface area contributed by atoms with Crippen LogP contribution in [0.1, 0.15) is 30.1 Å². The molecule has 13 heteroatoms. The number of nitrogens with one attached hydrogen (secondary N) is 1. The Labute approximate surface area is 259 Å². The zero-order chi connectivity index (χ0) is 32.6. The topological polar surface area (TPSA) is 150 Å². The summed E-state index contributed by atoms with van der Waals surface area (Å²) < 4.78 is 34.0. The molecule has 0 bridgehead atoms. The highest BCUT2D eigenvalue weighted by atomic mass is 32.2. The van der Waals surface area contributed by atoms with Crippen LogP contribution < -0.4 is 19.4 Å². The van der Waals surface area contributed by atoms with E-state index in [2.05, 4.69) is 4.72 Å². The molecule has 45 heavy (non-hydrogen) atoms. The van der Waals surface area contributed by atoms with Gasteiger partial charge in [0.05, 0.1) is 29.5 Å². The number of nitrogens with zero attached hydrogens (tertiary/aromatic N) is 3. The summed E-state index contributed by atoms with van der Waals surface area (Å²) in [6, 6.07) is 14.4. The molecule has 0 spiro atoms. The molecule has 5 rings (SSSR count). The monoisotopic (exact) mass is 630 g/mol. The van der Waals surface area contributed by atoms with Gasteiger partial charge in [-0.15, -0.1) is 0 Å². The molecule has 3 aromatic carbocycles. The normalized spacial score (nSPS) is 15.2. The first-order valence-electron chi connectivity index (χ1n) is 13.9. The van der Waals surface area contributed by atoms with Gasteiger partial charge in [-0.25, -0.2) is 22.9 Å². The van der Waals surface area contributed by atoms with Gasteiger partial charge < -0.3 is 9.64 Å². The lowest BCUT2D eigenvalue weighted by Crippen LogP contribution is -2.33. The summed E-state index contributed by atoms with van der Waals surface area (Å²) in [5, 5.41) is 1.34. The highest BCUT2D eigenvalue weighted by Gasteiger charge is 2.36. The number of Topliss-reactive ketones (excluding diaryl/α,β-unsaturated/α-hetero) is 1. The van der Waals surface area contributed by atoms with Crippen LogP contribution in [-0.2, 0) is 33.9 Å². The zero-order valence-corrected chi connectivity index (χ0v) is 25.8. The van der Waals surface area contributed by atoms with E-state index in [1.165, 1.54) is 38.3 Å². The summed E-state index contributed by atoms with van der Waals surface area (Å²) in [6.07, 6.45) is 2.15. The summed E-state index contributed by atoms with van der Waals surface area (Å²) in [5.74, 6) is -3.40. The minimum Gasteiger partial charge on any atom is -0.491 e. The van der Waals surface area contributed by atoms with Crippen molar-refractivity contribution in [3.8, 4) is 0 Å². The van der Waals surface area contributed by atoms with Crippen LogP contribution in [0.25, 0.3) is 10.8 Å². The number of ketones is 1. The smallest absolute Gasteiger partial charge is 0.300 e. The largest absolute Gasteiger partial charge is 0.491 e. The maximum Gasteiger partial charge on any atom is 0.300 e. The Morgan fingerprint density at radius 2 is 1.49 bits per heavy atom. The molecule has 0 radical (unpaired) electrons. The molecular weight excluding hydrogens is 600 g/mol. The SMILES string of the molecule is COC1=CC(=O)N(c2cc(C(=O)CCCNS(=O)(=O)c3cccc4c(N(C)C)cccc34)cc(N3C(=O)C=C(C)C3=O)c2)C1=O. The predicted octanol–water partition coefficient (Wildman–Crippen LogP) is 3.07. The summed E-state index contributed by atoms with van der Waals surface area (Å²) in [6.45, 7) is 1.42. The van der Waals surface area contributed by atoms with Crippen molar-refractivity contribution >= 4 is 67.3 Å². The van der Waals surface area contributed by atoms with Crippen LogP contribution in [0.5, 0.6) is 0 Å². The van der Waals surface area contributed by atoms with Gasteiger partial charge in [0.1, 0.15) is 0 Å². The fourth-order valence-corrected chi connectivity index (χ4v) is 6.55. The number of hydrogen-bond acceptors (Lipinski definition) is 9. The molecule has 12 nitrogen and oxygen atoms in total. The number of methoxy groups -OCH3 is 1. The van der Waals surface area contributed by atoms with Gasteiger partial charge in [0.25, 0.3) is 17.7 Å². The molecule has 0 saturated carbocycles. The van der Waals surface area contributed by atoms with Gasteiger partial charge in [0, 0.05) is 60.7 Å². The van der Waals surface area contributed by atoms with Crippen molar-refractivity contribution < 1.29 is 37.1 Å². The Morgan fingerprint density at radius 3 is 2.09 bits per heavy atom. The second kappa shape index (κ2) is 12.1. The molecule has 4 amide bonds. The van der Waals surface area contributed by atoms with Crippen LogP contribution in [0.4, 0.5) is 17.1 Å². The Morgan fingerprint density at radius 1 is 0.867 bits per heavy atom. The fourth-order valence-electron chi connectivity index (χ4n) is 5.25. The highest BCUT2D eigenvalue weighted by molar-refractivity contribution is 7.89. The lowest BCUT2D eigenvalue weighted by Gasteiger charge is -2.21. The van der Waals surface area contributed by atoms with Gasteiger partial charge in [-0.2, -0.15) is 0 Å². The van der Waals surface area contributed by atoms with Crippen LogP contribution in [0.15, 0.2) is 83.0 Å². The Balaban J connectivity index is 1.36. The van der Waals surface area contributed by atoms with Crippen molar-refractivity contribution in [3.63, 3.8) is 0 Å². The van der Waals surface area contributed by atoms with Gasteiger partial charge >= 0.3 is 5.91 Å². The van der Waals surface area contributed by atoms with Crippen LogP contribution >= 0.6 is 0 Å². The number of imide groups is 2. The van der Waals surface area contributed by atoms with Crippen molar-refractivity contribution in [2.24, 2.45) is 0 Å². The van der Waals surface area contributed by atoms with E-state index in [4.69, 9.17) is 4.74 Å². The molecule has 0 unspecified atom stereocenters. The first-order valence-corrected chi connectivity index (χ1v) is 15.4. The average molecular weight is 631 g/mol. The van der Waals surface area contributed by atoms with Crippen molar-refractivity contribution in [3.05, 3.63) is 83.6 Å². The van der Waals surface area contributed by atoms with Crippen LogP contribution in [0.3, 0.4) is 0 Å². The van der Waals surface area contributed by atoms with Crippen LogP contribution in [0.2, 0.25) is 0 Å². The van der Waals surface area contributed by atoms with E-state index in [9.17, 15) is 32.4 Å². The molecule has 2 heterocycles. The average Bonchev–Trinajstić information content (AvgIpc) is 3.44. The number of benzene rings is 3. The molecule has 2 aliphatic rings. The Bertz CT molecular complexity index is 1960. The second-order valence-electron chi connectivity index (χ2n) is 10.7. The molecule has 0 aliphatic carbocycles. The standard InChI is InChI=1S/C32H30N4O8S/c1-19-14-29(38)35(31(19)40)21-15-20(16-22(17-21)36-30(39)18-27(44-4)32(36)41)26(37)11-7-13-33-45(42,43)28-12-6-8-23-24(28)9-5-10-25(23)34(2)3/h5-6,8-10,12,14-18,33H,7,11,13H2,1-4H3. The maximum atomic E-state index is 13.4. The minimum atomic E-state index is -3.93. The summed E-state index contributed by atoms with van der Waals surface area (Å²) in [7, 11) is 1.05. The van der Waals surface area contributed by atoms with E-state index < -0.39 is 39.4 Å². The van der Waals surface area contributed by atoms with E-state index in [-0.39, 0.29) is 52.6 Å². The van der Waals surface area contributed by atoms with Gasteiger partial charge in [-0.3, -0.25) is 24.0 Å². The molecule has 0 atom stereocenters. The first-order chi connectivity index (χ1) is 21.3. The van der Waals surface area contributed by atoms with E-state index in [0.29, 0.717) is 5.39 Å². The number of amides is 4. The lowest BCUT2D eigenvalue weighted by atomic mass is 10.0. The molecule has 232 valence electrons. The number of anilines is 3. The summed E-state index contributed by atoms with van der Waals surface area (Å²) >= 11 is 0. The zero-order valence-electron chi connectivity index (χ0n) is 25.0. The quantitative estimate of drug-likeness (QED) is 0.192. The highest BCUT2D eigenvalue weighted by Crippen LogP contribution is 2.33. The van der Waals surface area contributed by atoms with Crippen molar-refractivity contribution in [2.45, 2.75) is 24.7 Å². The van der Waals surface area contributed by atoms with Gasteiger partial charge in [-0.05, 0) is 43.7 Å². The minimum absolute atomic E-state index is 0.000770. The number of fused-ring (bicyclic) bond motifs is 1. The van der Waals surface area contributed by atoms with E-state index in [1.54, 1.807) is 18.2 Å². The van der Waals surface area contributed by atoms with Gasteiger partial charge in [0.15, 0.2) is 11.5 Å². The number of sulfonamides is 1. The Hall–Kier alpha value is -5.14. The first kappa shape index (κ1) is 31.3. The van der Waals surface area contributed by atoms with E-state index in [1.807, 2.05) is 31.1 Å². The van der Waals surface area contributed by atoms with Crippen molar-refractivity contribution in [2.75, 3.05) is 42.4 Å². The van der Waals surface area contributed by atoms with Crippen LogP contribution in [0, 0.1) is 0 Å². The van der Waals surface area contributed by atoms with Crippen LogP contribution in [-0.4, -0.2) is 65.6 Å². The molecule has 2 aliphatic heterocycles. The third kappa shape index (κ3) is 5.87. The third-order valence-corrected chi connectivity index (χ3v) is 8.97. The van der Waals surface area contributed by atoms with Gasteiger partial charge in [-0.1, -0.05) is 24.3 Å². The number of carbonyl (C=O) groups excluding carboxylic acids is 5. The second-order valence-corrected chi connectivity index (χ2v) is 12.4. The summed E-state index contributed by atoms with van der Waals surface area (Å²) in [4.78, 5) is 67.7. The molecule has 0 fully saturated rings. The molecule has 3 aromatic rings. The molecule has 1 N–H and O–H groups in total. The predicted molar refractivity (Wildman–Crippen MR) is 167 cm³/mol. The molecular formula is C32H30N4O8S. The lowest BCUT2D eigenvalue weighted by molar-refractivity contribution is -0.122. The summed E-state index contributed by atoms with van der Waals surface area (Å²) in [5.41, 5.74) is 1.04. The molecule has 0 saturated heterocycles. The Kier molecular flexibility index (Phi) is 8.41. The number of carbonyl (C=O) groups is 5. The number of ether oxygens (including phenoxy) is 1. The molecule has 0 aromatic heterocycles.